The first-order chi connectivity index (χ1) is 18.2. The molecule has 0 radical (unpaired) electrons. The fraction of sp³-hybridized carbons (Fsp3) is 0.419. The van der Waals surface area contributed by atoms with Crippen LogP contribution in [0.5, 0.6) is 5.75 Å². The van der Waals surface area contributed by atoms with Gasteiger partial charge in [-0.15, -0.1) is 0 Å². The number of nitrogens with zero attached hydrogens (tertiary/aromatic N) is 2. The summed E-state index contributed by atoms with van der Waals surface area (Å²) in [6, 6.07) is 10.9. The average molecular weight is 511 g/mol. The summed E-state index contributed by atoms with van der Waals surface area (Å²) in [6.07, 6.45) is 5.56. The number of hydrogen-bond donors (Lipinski definition) is 0. The topological polar surface area (TPSA) is 84.0 Å². The van der Waals surface area contributed by atoms with Crippen molar-refractivity contribution in [3.05, 3.63) is 65.2 Å². The van der Waals surface area contributed by atoms with E-state index in [0.717, 1.165) is 23.2 Å². The molecule has 7 nitrogen and oxygen atoms in total. The lowest BCUT2D eigenvalue weighted by Gasteiger charge is -2.37. The summed E-state index contributed by atoms with van der Waals surface area (Å²) in [5.41, 5.74) is 4.09. The van der Waals surface area contributed by atoms with Gasteiger partial charge in [-0.05, 0) is 85.8 Å². The van der Waals surface area contributed by atoms with E-state index in [4.69, 9.17) is 4.74 Å². The van der Waals surface area contributed by atoms with Crippen LogP contribution in [0.4, 0.5) is 11.4 Å². The predicted molar refractivity (Wildman–Crippen MR) is 140 cm³/mol. The molecule has 0 aromatic heterocycles. The summed E-state index contributed by atoms with van der Waals surface area (Å²) in [5, 5.41) is 0. The maximum Gasteiger partial charge on any atom is 0.316 e. The average Bonchev–Trinajstić information content (AvgIpc) is 3.57. The van der Waals surface area contributed by atoms with Crippen LogP contribution in [-0.2, 0) is 19.2 Å². The number of ether oxygens (including phenoxy) is 1. The number of anilines is 2. The number of allylic oxidation sites excluding steroid dienone is 2. The van der Waals surface area contributed by atoms with E-state index in [0.29, 0.717) is 28.8 Å². The van der Waals surface area contributed by atoms with Gasteiger partial charge >= 0.3 is 5.97 Å². The first kappa shape index (κ1) is 23.4. The maximum atomic E-state index is 13.5. The summed E-state index contributed by atoms with van der Waals surface area (Å²) in [7, 11) is 0. The lowest BCUT2D eigenvalue weighted by molar-refractivity contribution is -0.139. The minimum Gasteiger partial charge on any atom is -0.426 e. The molecule has 2 bridgehead atoms. The first-order valence-electron chi connectivity index (χ1n) is 13.5. The standard InChI is InChI=1S/C31H30N2O5/c1-15-5-4-6-16(2)28(15)32-14-18(12-25(32)34)31(37)38-19-7-10-24(17(3)11-19)33-29(35)26-20-8-9-21(23-13-22(20)23)27(26)30(33)36/h4-11,18,20-23,26-27H,12-14H2,1-3H3/t18-,20+,21+,22-,23+,26-,27-/m1/s1. The van der Waals surface area contributed by atoms with Crippen LogP contribution in [0.25, 0.3) is 0 Å². The monoisotopic (exact) mass is 510 g/mol. The Morgan fingerprint density at radius 3 is 2.11 bits per heavy atom. The lowest BCUT2D eigenvalue weighted by atomic mass is 9.63. The second kappa shape index (κ2) is 8.13. The quantitative estimate of drug-likeness (QED) is 0.267. The second-order valence-electron chi connectivity index (χ2n) is 11.7. The number of carbonyl (C=O) groups excluding carboxylic acids is 4. The Morgan fingerprint density at radius 1 is 0.868 bits per heavy atom. The molecule has 2 saturated heterocycles. The molecule has 2 saturated carbocycles. The number of amides is 3. The van der Waals surface area contributed by atoms with Gasteiger partial charge in [-0.2, -0.15) is 0 Å². The van der Waals surface area contributed by atoms with Crippen molar-refractivity contribution in [2.45, 2.75) is 33.6 Å². The van der Waals surface area contributed by atoms with Gasteiger partial charge in [0.15, 0.2) is 0 Å². The fourth-order valence-electron chi connectivity index (χ4n) is 7.65. The van der Waals surface area contributed by atoms with Crippen LogP contribution in [0.1, 0.15) is 29.5 Å². The molecule has 194 valence electrons. The third kappa shape index (κ3) is 3.27. The van der Waals surface area contributed by atoms with E-state index < -0.39 is 11.9 Å². The molecule has 0 unspecified atom stereocenters. The van der Waals surface area contributed by atoms with E-state index in [-0.39, 0.29) is 54.4 Å². The van der Waals surface area contributed by atoms with Crippen molar-refractivity contribution >= 4 is 35.1 Å². The van der Waals surface area contributed by atoms with E-state index in [1.807, 2.05) is 39.0 Å². The Hall–Kier alpha value is -3.74. The van der Waals surface area contributed by atoms with Crippen molar-refractivity contribution in [2.75, 3.05) is 16.3 Å². The summed E-state index contributed by atoms with van der Waals surface area (Å²) in [6.45, 7) is 6.01. The highest BCUT2D eigenvalue weighted by Crippen LogP contribution is 2.65. The summed E-state index contributed by atoms with van der Waals surface area (Å²) in [4.78, 5) is 55.8. The van der Waals surface area contributed by atoms with Crippen LogP contribution in [0.3, 0.4) is 0 Å². The molecule has 0 spiro atoms. The van der Waals surface area contributed by atoms with E-state index >= 15 is 0 Å². The Bertz CT molecular complexity index is 1400. The Labute approximate surface area is 221 Å². The summed E-state index contributed by atoms with van der Waals surface area (Å²) >= 11 is 0. The molecule has 2 aromatic rings. The number of hydrogen-bond acceptors (Lipinski definition) is 5. The first-order valence-corrected chi connectivity index (χ1v) is 13.5. The van der Waals surface area contributed by atoms with Gasteiger partial charge in [0, 0.05) is 18.7 Å². The third-order valence-corrected chi connectivity index (χ3v) is 9.46. The lowest BCUT2D eigenvalue weighted by Crippen LogP contribution is -2.40. The molecule has 3 amide bonds. The number of imide groups is 1. The SMILES string of the molecule is Cc1cc(OC(=O)[C@@H]2CC(=O)N(c3c(C)cccc3C)C2)ccc1N1C(=O)[C@@H]2[C@H]3C=C[C@@H]([C@@H]4C[C@H]34)[C@H]2C1=O. The molecular formula is C31H30N2O5. The smallest absolute Gasteiger partial charge is 0.316 e. The number of carbonyl (C=O) groups is 4. The minimum atomic E-state index is -0.569. The fourth-order valence-corrected chi connectivity index (χ4v) is 7.65. The van der Waals surface area contributed by atoms with E-state index in [1.165, 1.54) is 4.90 Å². The van der Waals surface area contributed by atoms with Crippen LogP contribution >= 0.6 is 0 Å². The second-order valence-corrected chi connectivity index (χ2v) is 11.7. The van der Waals surface area contributed by atoms with Crippen LogP contribution in [-0.4, -0.2) is 30.2 Å². The number of rotatable bonds is 4. The molecule has 4 aliphatic carbocycles. The highest BCUT2D eigenvalue weighted by Gasteiger charge is 2.67. The molecule has 2 heterocycles. The predicted octanol–water partition coefficient (Wildman–Crippen LogP) is 4.13. The molecule has 0 N–H and O–H groups in total. The third-order valence-electron chi connectivity index (χ3n) is 9.46. The highest BCUT2D eigenvalue weighted by atomic mass is 16.5. The van der Waals surface area contributed by atoms with E-state index in [1.54, 1.807) is 23.1 Å². The van der Waals surface area contributed by atoms with Crippen LogP contribution < -0.4 is 14.5 Å². The molecule has 4 fully saturated rings. The highest BCUT2D eigenvalue weighted by molar-refractivity contribution is 6.23. The molecule has 2 aromatic carbocycles. The van der Waals surface area contributed by atoms with Gasteiger partial charge in [0.1, 0.15) is 5.75 Å². The largest absolute Gasteiger partial charge is 0.426 e. The van der Waals surface area contributed by atoms with Crippen molar-refractivity contribution in [3.8, 4) is 5.75 Å². The summed E-state index contributed by atoms with van der Waals surface area (Å²) < 4.78 is 5.69. The minimum absolute atomic E-state index is 0.0931. The van der Waals surface area contributed by atoms with Crippen molar-refractivity contribution in [1.82, 2.24) is 0 Å². The summed E-state index contributed by atoms with van der Waals surface area (Å²) in [5.74, 6) is -0.0291. The van der Waals surface area contributed by atoms with Crippen molar-refractivity contribution in [3.63, 3.8) is 0 Å². The molecule has 8 rings (SSSR count). The van der Waals surface area contributed by atoms with Crippen molar-refractivity contribution in [1.29, 1.82) is 0 Å². The number of para-hydroxylation sites is 1. The van der Waals surface area contributed by atoms with Gasteiger partial charge < -0.3 is 9.64 Å². The van der Waals surface area contributed by atoms with Gasteiger partial charge in [-0.1, -0.05) is 30.4 Å². The van der Waals surface area contributed by atoms with E-state index in [2.05, 4.69) is 12.2 Å². The Kier molecular flexibility index (Phi) is 5.00. The molecule has 38 heavy (non-hydrogen) atoms. The maximum absolute atomic E-state index is 13.5. The normalized spacial score (nSPS) is 32.6. The molecular weight excluding hydrogens is 480 g/mol. The number of benzene rings is 2. The Morgan fingerprint density at radius 2 is 1.50 bits per heavy atom. The van der Waals surface area contributed by atoms with Crippen molar-refractivity contribution in [2.24, 2.45) is 41.4 Å². The molecule has 7 heteroatoms. The molecule has 2 aliphatic heterocycles. The zero-order chi connectivity index (χ0) is 26.5. The molecule has 7 atom stereocenters. The molecule has 6 aliphatic rings. The Balaban J connectivity index is 1.07. The van der Waals surface area contributed by atoms with Crippen LogP contribution in [0, 0.1) is 62.2 Å². The zero-order valence-corrected chi connectivity index (χ0v) is 21.7. The van der Waals surface area contributed by atoms with Crippen molar-refractivity contribution < 1.29 is 23.9 Å². The van der Waals surface area contributed by atoms with Crippen LogP contribution in [0.15, 0.2) is 48.6 Å². The zero-order valence-electron chi connectivity index (χ0n) is 21.7. The van der Waals surface area contributed by atoms with Gasteiger partial charge in [0.05, 0.1) is 23.4 Å². The number of esters is 1. The van der Waals surface area contributed by atoms with Crippen LogP contribution in [0.2, 0.25) is 0 Å². The van der Waals surface area contributed by atoms with Gasteiger partial charge in [0.25, 0.3) is 0 Å². The van der Waals surface area contributed by atoms with Gasteiger partial charge in [0.2, 0.25) is 17.7 Å². The van der Waals surface area contributed by atoms with Gasteiger partial charge in [-0.25, -0.2) is 4.90 Å². The number of aryl methyl sites for hydroxylation is 3. The van der Waals surface area contributed by atoms with Gasteiger partial charge in [-0.3, -0.25) is 19.2 Å². The van der Waals surface area contributed by atoms with E-state index in [9.17, 15) is 19.2 Å².